The maximum absolute atomic E-state index is 12.4. The molecule has 0 saturated carbocycles. The Kier molecular flexibility index (Phi) is 5.66. The number of hydrogen-bond donors (Lipinski definition) is 1. The van der Waals surface area contributed by atoms with Crippen LogP contribution in [0.25, 0.3) is 32.2 Å². The lowest BCUT2D eigenvalue weighted by molar-refractivity contribution is -0.139. The lowest BCUT2D eigenvalue weighted by atomic mass is 9.81. The number of carboxylic acids is 1. The Balaban J connectivity index is 1.88. The fourth-order valence-electron chi connectivity index (χ4n) is 5.11. The quantitative estimate of drug-likeness (QED) is 0.399. The van der Waals surface area contributed by atoms with Crippen LogP contribution in [0.4, 0.5) is 0 Å². The summed E-state index contributed by atoms with van der Waals surface area (Å²) in [6.07, 6.45) is 4.81. The van der Waals surface area contributed by atoms with Gasteiger partial charge in [0.2, 0.25) is 0 Å². The number of aromatic nitrogens is 2. The van der Waals surface area contributed by atoms with Crippen molar-refractivity contribution in [3.63, 3.8) is 0 Å². The smallest absolute Gasteiger partial charge is 0.311 e. The van der Waals surface area contributed by atoms with Crippen LogP contribution < -0.4 is 0 Å². The van der Waals surface area contributed by atoms with Gasteiger partial charge in [0.1, 0.15) is 0 Å². The minimum absolute atomic E-state index is 0.384. The molecule has 1 atom stereocenters. The number of fused-ring (bicyclic) bond motifs is 4. The molecule has 5 nitrogen and oxygen atoms in total. The minimum atomic E-state index is -0.837. The van der Waals surface area contributed by atoms with Crippen molar-refractivity contribution in [3.8, 4) is 11.1 Å². The summed E-state index contributed by atoms with van der Waals surface area (Å²) in [5.41, 5.74) is 10.1. The summed E-state index contributed by atoms with van der Waals surface area (Å²) in [6, 6.07) is 10.6. The summed E-state index contributed by atoms with van der Waals surface area (Å²) in [5, 5.41) is 11.3. The molecule has 6 heteroatoms. The molecule has 4 aromatic rings. The number of nitrogens with zero attached hydrogens (tertiary/aromatic N) is 2. The minimum Gasteiger partial charge on any atom is -0.481 e. The van der Waals surface area contributed by atoms with Crippen LogP contribution >= 0.6 is 11.3 Å². The number of benzene rings is 2. The maximum atomic E-state index is 12.4. The Bertz CT molecular complexity index is 1330. The zero-order chi connectivity index (χ0) is 22.2. The molecule has 32 heavy (non-hydrogen) atoms. The van der Waals surface area contributed by atoms with Gasteiger partial charge in [-0.1, -0.05) is 12.1 Å². The molecule has 2 aromatic carbocycles. The Morgan fingerprint density at radius 1 is 1.19 bits per heavy atom. The van der Waals surface area contributed by atoms with Crippen LogP contribution in [-0.4, -0.2) is 34.8 Å². The molecule has 0 radical (unpaired) electrons. The van der Waals surface area contributed by atoms with Crippen molar-refractivity contribution in [1.82, 2.24) is 9.97 Å². The molecule has 1 aliphatic carbocycles. The normalized spacial score (nSPS) is 14.6. The second kappa shape index (κ2) is 8.60. The van der Waals surface area contributed by atoms with Gasteiger partial charge in [-0.05, 0) is 85.0 Å². The molecule has 5 rings (SSSR count). The highest BCUT2D eigenvalue weighted by molar-refractivity contribution is 7.16. The average Bonchev–Trinajstić information content (AvgIpc) is 3.27. The van der Waals surface area contributed by atoms with Crippen LogP contribution in [-0.2, 0) is 22.4 Å². The number of carbonyl (C=O) groups is 1. The third-order valence-corrected chi connectivity index (χ3v) is 7.38. The second-order valence-corrected chi connectivity index (χ2v) is 9.38. The molecule has 164 valence electrons. The number of carboxylic acid groups (broad SMARTS) is 1. The van der Waals surface area contributed by atoms with Crippen molar-refractivity contribution in [2.45, 2.75) is 44.9 Å². The summed E-state index contributed by atoms with van der Waals surface area (Å²) in [7, 11) is 1.61. The van der Waals surface area contributed by atoms with E-state index in [-0.39, 0.29) is 0 Å². The van der Waals surface area contributed by atoms with Crippen molar-refractivity contribution < 1.29 is 14.6 Å². The van der Waals surface area contributed by atoms with Gasteiger partial charge in [0.05, 0.1) is 27.2 Å². The van der Waals surface area contributed by atoms with Crippen molar-refractivity contribution in [2.75, 3.05) is 13.7 Å². The largest absolute Gasteiger partial charge is 0.481 e. The van der Waals surface area contributed by atoms with Crippen LogP contribution in [0.1, 0.15) is 47.6 Å². The molecule has 0 amide bonds. The topological polar surface area (TPSA) is 72.3 Å². The van der Waals surface area contributed by atoms with E-state index in [0.29, 0.717) is 13.0 Å². The SMILES string of the molecule is COCCC(C(=O)O)c1c(C)nc2ccc3c(c2c1-c1ccc2ncsc2c1)CCCC3. The molecule has 0 bridgehead atoms. The van der Waals surface area contributed by atoms with Gasteiger partial charge in [0.25, 0.3) is 0 Å². The molecule has 1 N–H and O–H groups in total. The summed E-state index contributed by atoms with van der Waals surface area (Å²) < 4.78 is 6.37. The average molecular weight is 447 g/mol. The molecule has 2 aromatic heterocycles. The van der Waals surface area contributed by atoms with Crippen molar-refractivity contribution in [2.24, 2.45) is 0 Å². The standard InChI is InChI=1S/C26H26N2O3S/c1-15-23(19(26(29)30)11-12-31-2)24(17-8-9-20-22(13-17)32-14-27-20)25-18-6-4-3-5-16(18)7-10-21(25)28-15/h7-10,13-14,19H,3-6,11-12H2,1-2H3,(H,29,30). The van der Waals surface area contributed by atoms with Gasteiger partial charge in [-0.15, -0.1) is 11.3 Å². The highest BCUT2D eigenvalue weighted by Crippen LogP contribution is 2.43. The molecular weight excluding hydrogens is 420 g/mol. The third kappa shape index (κ3) is 3.57. The number of pyridine rings is 1. The van der Waals surface area contributed by atoms with E-state index in [2.05, 4.69) is 29.2 Å². The Morgan fingerprint density at radius 3 is 2.81 bits per heavy atom. The molecule has 0 aliphatic heterocycles. The Hall–Kier alpha value is -2.83. The summed E-state index contributed by atoms with van der Waals surface area (Å²) in [4.78, 5) is 21.8. The van der Waals surface area contributed by atoms with Crippen LogP contribution in [0.5, 0.6) is 0 Å². The van der Waals surface area contributed by atoms with E-state index < -0.39 is 11.9 Å². The lowest BCUT2D eigenvalue weighted by Crippen LogP contribution is -2.18. The van der Waals surface area contributed by atoms with Crippen LogP contribution in [0.15, 0.2) is 35.8 Å². The molecule has 1 aliphatic rings. The highest BCUT2D eigenvalue weighted by atomic mass is 32.1. The fourth-order valence-corrected chi connectivity index (χ4v) is 5.82. The molecule has 0 saturated heterocycles. The molecule has 0 spiro atoms. The molecule has 1 unspecified atom stereocenters. The van der Waals surface area contributed by atoms with Crippen LogP contribution in [0, 0.1) is 6.92 Å². The van der Waals surface area contributed by atoms with Gasteiger partial charge < -0.3 is 9.84 Å². The van der Waals surface area contributed by atoms with E-state index in [0.717, 1.165) is 62.8 Å². The van der Waals surface area contributed by atoms with Crippen LogP contribution in [0.3, 0.4) is 0 Å². The van der Waals surface area contributed by atoms with Gasteiger partial charge in [-0.3, -0.25) is 9.78 Å². The van der Waals surface area contributed by atoms with Gasteiger partial charge >= 0.3 is 5.97 Å². The first-order valence-electron chi connectivity index (χ1n) is 11.1. The van der Waals surface area contributed by atoms with E-state index >= 15 is 0 Å². The van der Waals surface area contributed by atoms with Crippen LogP contribution in [0.2, 0.25) is 0 Å². The lowest BCUT2D eigenvalue weighted by Gasteiger charge is -2.25. The zero-order valence-electron chi connectivity index (χ0n) is 18.4. The maximum Gasteiger partial charge on any atom is 0.311 e. The van der Waals surface area contributed by atoms with Crippen molar-refractivity contribution >= 4 is 38.4 Å². The number of methoxy groups -OCH3 is 1. The predicted molar refractivity (Wildman–Crippen MR) is 129 cm³/mol. The summed E-state index contributed by atoms with van der Waals surface area (Å²) in [5.74, 6) is -1.52. The van der Waals surface area contributed by atoms with E-state index in [4.69, 9.17) is 9.72 Å². The Morgan fingerprint density at radius 2 is 2.00 bits per heavy atom. The van der Waals surface area contributed by atoms with Gasteiger partial charge in [0.15, 0.2) is 0 Å². The number of aryl methyl sites for hydroxylation is 3. The molecule has 2 heterocycles. The first-order chi connectivity index (χ1) is 15.6. The van der Waals surface area contributed by atoms with Crippen molar-refractivity contribution in [3.05, 3.63) is 58.2 Å². The number of thiazole rings is 1. The van der Waals surface area contributed by atoms with Gasteiger partial charge in [-0.2, -0.15) is 0 Å². The number of hydrogen-bond acceptors (Lipinski definition) is 5. The van der Waals surface area contributed by atoms with E-state index in [9.17, 15) is 9.90 Å². The molecule has 0 fully saturated rings. The summed E-state index contributed by atoms with van der Waals surface area (Å²) >= 11 is 1.61. The first kappa shape index (κ1) is 21.0. The predicted octanol–water partition coefficient (Wildman–Crippen LogP) is 5.90. The van der Waals surface area contributed by atoms with E-state index in [1.165, 1.54) is 17.5 Å². The highest BCUT2D eigenvalue weighted by Gasteiger charge is 2.29. The zero-order valence-corrected chi connectivity index (χ0v) is 19.2. The molecular formula is C26H26N2O3S. The number of aliphatic carboxylic acids is 1. The Labute approximate surface area is 191 Å². The monoisotopic (exact) mass is 446 g/mol. The van der Waals surface area contributed by atoms with E-state index in [1.54, 1.807) is 18.4 Å². The first-order valence-corrected chi connectivity index (χ1v) is 12.0. The number of ether oxygens (including phenoxy) is 1. The van der Waals surface area contributed by atoms with Gasteiger partial charge in [0, 0.05) is 24.8 Å². The number of rotatable bonds is 6. The van der Waals surface area contributed by atoms with Gasteiger partial charge in [-0.25, -0.2) is 4.98 Å². The fraction of sp³-hybridized carbons (Fsp3) is 0.346. The summed E-state index contributed by atoms with van der Waals surface area (Å²) in [6.45, 7) is 2.32. The van der Waals surface area contributed by atoms with Crippen molar-refractivity contribution in [1.29, 1.82) is 0 Å². The second-order valence-electron chi connectivity index (χ2n) is 8.50. The third-order valence-electron chi connectivity index (χ3n) is 6.59. The van der Waals surface area contributed by atoms with E-state index in [1.807, 2.05) is 18.5 Å².